The van der Waals surface area contributed by atoms with E-state index in [-0.39, 0.29) is 9.79 Å². The van der Waals surface area contributed by atoms with Crippen molar-refractivity contribution in [1.82, 2.24) is 4.72 Å². The highest BCUT2D eigenvalue weighted by atomic mass is 32.2. The van der Waals surface area contributed by atoms with Crippen LogP contribution in [0.3, 0.4) is 0 Å². The molecule has 0 bridgehead atoms. The Labute approximate surface area is 149 Å². The van der Waals surface area contributed by atoms with E-state index in [9.17, 15) is 16.8 Å². The van der Waals surface area contributed by atoms with Crippen molar-refractivity contribution in [2.45, 2.75) is 42.0 Å². The van der Waals surface area contributed by atoms with Crippen molar-refractivity contribution in [2.24, 2.45) is 0 Å². The molecule has 0 aromatic heterocycles. The fourth-order valence-corrected chi connectivity index (χ4v) is 5.00. The molecule has 3 rings (SSSR count). The van der Waals surface area contributed by atoms with Crippen LogP contribution < -0.4 is 4.72 Å². The van der Waals surface area contributed by atoms with Crippen LogP contribution in [0.2, 0.25) is 0 Å². The van der Waals surface area contributed by atoms with Crippen molar-refractivity contribution >= 4 is 19.9 Å². The lowest BCUT2D eigenvalue weighted by molar-refractivity contribution is 0.566. The summed E-state index contributed by atoms with van der Waals surface area (Å²) in [4.78, 5) is 0.484. The lowest BCUT2D eigenvalue weighted by atomic mass is 10.1. The Balaban J connectivity index is 1.80. The number of sulfone groups is 1. The third-order valence-electron chi connectivity index (χ3n) is 4.52. The number of fused-ring (bicyclic) bond motifs is 1. The quantitative estimate of drug-likeness (QED) is 0.866. The average Bonchev–Trinajstić information content (AvgIpc) is 3.01. The minimum absolute atomic E-state index is 0.213. The summed E-state index contributed by atoms with van der Waals surface area (Å²) in [7, 11) is -6.90. The lowest BCUT2D eigenvalue weighted by Crippen LogP contribution is -2.27. The Hall–Kier alpha value is -1.70. The molecule has 1 N–H and O–H groups in total. The Morgan fingerprint density at radius 1 is 0.880 bits per heavy atom. The van der Waals surface area contributed by atoms with E-state index in [0.29, 0.717) is 5.56 Å². The van der Waals surface area contributed by atoms with Crippen LogP contribution in [0.4, 0.5) is 0 Å². The third-order valence-corrected chi connectivity index (χ3v) is 7.19. The second-order valence-corrected chi connectivity index (χ2v) is 10.2. The largest absolute Gasteiger partial charge is 0.241 e. The van der Waals surface area contributed by atoms with E-state index >= 15 is 0 Å². The first kappa shape index (κ1) is 18.1. The van der Waals surface area contributed by atoms with Gasteiger partial charge >= 0.3 is 0 Å². The molecule has 1 unspecified atom stereocenters. The number of hydrogen-bond donors (Lipinski definition) is 1. The molecular formula is C18H21NO4S2. The van der Waals surface area contributed by atoms with Crippen LogP contribution in [-0.2, 0) is 32.7 Å². The first-order valence-corrected chi connectivity index (χ1v) is 11.5. The number of sulfonamides is 1. The van der Waals surface area contributed by atoms with E-state index in [1.54, 1.807) is 31.2 Å². The number of benzene rings is 2. The Morgan fingerprint density at radius 3 is 2.12 bits per heavy atom. The second kappa shape index (κ2) is 6.55. The Morgan fingerprint density at radius 2 is 1.48 bits per heavy atom. The van der Waals surface area contributed by atoms with Gasteiger partial charge in [-0.2, -0.15) is 0 Å². The molecule has 1 atom stereocenters. The van der Waals surface area contributed by atoms with Crippen LogP contribution in [0.1, 0.15) is 36.1 Å². The van der Waals surface area contributed by atoms with Gasteiger partial charge in [0, 0.05) is 12.3 Å². The van der Waals surface area contributed by atoms with Gasteiger partial charge in [-0.25, -0.2) is 21.6 Å². The number of nitrogens with one attached hydrogen (secondary N) is 1. The van der Waals surface area contributed by atoms with Crippen LogP contribution in [0.5, 0.6) is 0 Å². The summed E-state index contributed by atoms with van der Waals surface area (Å²) < 4.78 is 50.9. The van der Waals surface area contributed by atoms with Crippen molar-refractivity contribution in [3.05, 3.63) is 59.2 Å². The maximum Gasteiger partial charge on any atom is 0.241 e. The van der Waals surface area contributed by atoms with Gasteiger partial charge in [0.15, 0.2) is 9.84 Å². The van der Waals surface area contributed by atoms with E-state index < -0.39 is 25.9 Å². The fourth-order valence-electron chi connectivity index (χ4n) is 3.09. The van der Waals surface area contributed by atoms with Crippen molar-refractivity contribution in [3.8, 4) is 0 Å². The van der Waals surface area contributed by atoms with E-state index in [1.807, 2.05) is 6.07 Å². The summed E-state index contributed by atoms with van der Waals surface area (Å²) in [5.74, 6) is 0. The minimum Gasteiger partial charge on any atom is -0.224 e. The van der Waals surface area contributed by atoms with Gasteiger partial charge in [0.2, 0.25) is 10.0 Å². The minimum atomic E-state index is -3.64. The highest BCUT2D eigenvalue weighted by Gasteiger charge is 2.21. The lowest BCUT2D eigenvalue weighted by Gasteiger charge is -2.15. The molecule has 0 saturated heterocycles. The van der Waals surface area contributed by atoms with Crippen LogP contribution in [0.15, 0.2) is 52.3 Å². The predicted molar refractivity (Wildman–Crippen MR) is 96.8 cm³/mol. The molecule has 2 aromatic rings. The van der Waals surface area contributed by atoms with Gasteiger partial charge in [0.1, 0.15) is 0 Å². The predicted octanol–water partition coefficient (Wildman–Crippen LogP) is 2.62. The molecule has 0 heterocycles. The average molecular weight is 380 g/mol. The summed E-state index contributed by atoms with van der Waals surface area (Å²) in [6.07, 6.45) is 4.13. The Kier molecular flexibility index (Phi) is 4.74. The molecular weight excluding hydrogens is 358 g/mol. The highest BCUT2D eigenvalue weighted by molar-refractivity contribution is 7.90. The normalized spacial score (nSPS) is 15.8. The molecule has 5 nitrogen and oxygen atoms in total. The van der Waals surface area contributed by atoms with Crippen molar-refractivity contribution < 1.29 is 16.8 Å². The fraction of sp³-hybridized carbons (Fsp3) is 0.333. The zero-order valence-corrected chi connectivity index (χ0v) is 15.8. The SMILES string of the molecule is CC(NS(=O)(=O)c1ccc2c(c1)CCC2)c1ccc(S(C)(=O)=O)cc1. The first-order valence-electron chi connectivity index (χ1n) is 8.11. The van der Waals surface area contributed by atoms with Gasteiger partial charge in [-0.15, -0.1) is 0 Å². The molecule has 0 fully saturated rings. The van der Waals surface area contributed by atoms with Crippen LogP contribution in [0, 0.1) is 0 Å². The highest BCUT2D eigenvalue weighted by Crippen LogP contribution is 2.26. The summed E-state index contributed by atoms with van der Waals surface area (Å²) in [5.41, 5.74) is 3.04. The standard InChI is InChI=1S/C18H21NO4S2/c1-13(14-6-9-17(10-7-14)24(2,20)21)19-25(22,23)18-11-8-15-4-3-5-16(15)12-18/h6-13,19H,3-5H2,1-2H3. The van der Waals surface area contributed by atoms with Gasteiger partial charge < -0.3 is 0 Å². The van der Waals surface area contributed by atoms with Crippen LogP contribution in [-0.4, -0.2) is 23.1 Å². The topological polar surface area (TPSA) is 80.3 Å². The van der Waals surface area contributed by atoms with Gasteiger partial charge in [0.25, 0.3) is 0 Å². The van der Waals surface area contributed by atoms with E-state index in [4.69, 9.17) is 0 Å². The molecule has 0 radical (unpaired) electrons. The number of aryl methyl sites for hydroxylation is 2. The van der Waals surface area contributed by atoms with E-state index in [0.717, 1.165) is 31.1 Å². The molecule has 7 heteroatoms. The smallest absolute Gasteiger partial charge is 0.224 e. The molecule has 134 valence electrons. The van der Waals surface area contributed by atoms with Crippen LogP contribution >= 0.6 is 0 Å². The van der Waals surface area contributed by atoms with Crippen molar-refractivity contribution in [3.63, 3.8) is 0 Å². The number of rotatable bonds is 5. The van der Waals surface area contributed by atoms with Gasteiger partial charge in [-0.05, 0) is 67.1 Å². The second-order valence-electron chi connectivity index (χ2n) is 6.47. The molecule has 0 spiro atoms. The molecule has 0 saturated carbocycles. The van der Waals surface area contributed by atoms with Gasteiger partial charge in [0.05, 0.1) is 9.79 Å². The summed E-state index contributed by atoms with van der Waals surface area (Å²) in [5, 5.41) is 0. The van der Waals surface area contributed by atoms with Crippen LogP contribution in [0.25, 0.3) is 0 Å². The molecule has 0 amide bonds. The molecule has 1 aliphatic carbocycles. The molecule has 2 aromatic carbocycles. The maximum atomic E-state index is 12.6. The van der Waals surface area contributed by atoms with Crippen molar-refractivity contribution in [1.29, 1.82) is 0 Å². The van der Waals surface area contributed by atoms with E-state index in [2.05, 4.69) is 4.72 Å². The molecule has 25 heavy (non-hydrogen) atoms. The zero-order valence-electron chi connectivity index (χ0n) is 14.2. The van der Waals surface area contributed by atoms with E-state index in [1.165, 1.54) is 17.7 Å². The summed E-state index contributed by atoms with van der Waals surface area (Å²) >= 11 is 0. The Bertz CT molecular complexity index is 994. The van der Waals surface area contributed by atoms with Crippen molar-refractivity contribution in [2.75, 3.05) is 6.26 Å². The van der Waals surface area contributed by atoms with Gasteiger partial charge in [-0.3, -0.25) is 0 Å². The third kappa shape index (κ3) is 3.94. The number of hydrogen-bond acceptors (Lipinski definition) is 4. The monoisotopic (exact) mass is 379 g/mol. The molecule has 1 aliphatic rings. The molecule has 0 aliphatic heterocycles. The maximum absolute atomic E-state index is 12.6. The zero-order chi connectivity index (χ0) is 18.2. The summed E-state index contributed by atoms with van der Waals surface area (Å²) in [6.45, 7) is 1.74. The van der Waals surface area contributed by atoms with Gasteiger partial charge in [-0.1, -0.05) is 18.2 Å². The summed E-state index contributed by atoms with van der Waals surface area (Å²) in [6, 6.07) is 11.1. The first-order chi connectivity index (χ1) is 11.7.